The van der Waals surface area contributed by atoms with E-state index in [2.05, 4.69) is 9.71 Å². The van der Waals surface area contributed by atoms with Gasteiger partial charge in [-0.1, -0.05) is 11.3 Å². The summed E-state index contributed by atoms with van der Waals surface area (Å²) in [5, 5.41) is 10.4. The summed E-state index contributed by atoms with van der Waals surface area (Å²) >= 11 is 1.39. The molecule has 0 aliphatic carbocycles. The highest BCUT2D eigenvalue weighted by Crippen LogP contribution is 2.36. The normalized spacial score (nSPS) is 12.2. The summed E-state index contributed by atoms with van der Waals surface area (Å²) < 4.78 is 41.5. The second kappa shape index (κ2) is 8.36. The van der Waals surface area contributed by atoms with Crippen LogP contribution in [0.5, 0.6) is 11.5 Å². The van der Waals surface area contributed by atoms with Gasteiger partial charge in [-0.15, -0.1) is 0 Å². The summed E-state index contributed by atoms with van der Waals surface area (Å²) in [5.41, 5.74) is 1.56. The van der Waals surface area contributed by atoms with E-state index in [9.17, 15) is 13.5 Å². The van der Waals surface area contributed by atoms with Crippen LogP contribution in [0.25, 0.3) is 16.2 Å². The van der Waals surface area contributed by atoms with Gasteiger partial charge in [0, 0.05) is 17.4 Å². The molecule has 10 heteroatoms. The molecule has 2 heterocycles. The average molecular weight is 488 g/mol. The lowest BCUT2D eigenvalue weighted by Gasteiger charge is -2.14. The van der Waals surface area contributed by atoms with Gasteiger partial charge in [-0.05, 0) is 63.2 Å². The zero-order valence-corrected chi connectivity index (χ0v) is 20.5. The van der Waals surface area contributed by atoms with Crippen molar-refractivity contribution in [1.82, 2.24) is 9.38 Å². The van der Waals surface area contributed by atoms with Crippen molar-refractivity contribution in [1.29, 1.82) is 0 Å². The Balaban J connectivity index is 1.80. The molecule has 0 aliphatic rings. The Hall–Kier alpha value is -3.08. The zero-order valence-electron chi connectivity index (χ0n) is 18.9. The number of nitrogens with zero attached hydrogens (tertiary/aromatic N) is 2. The number of aliphatic hydroxyl groups is 1. The molecule has 2 aromatic carbocycles. The first kappa shape index (κ1) is 23.1. The van der Waals surface area contributed by atoms with Crippen molar-refractivity contribution in [2.24, 2.45) is 0 Å². The van der Waals surface area contributed by atoms with Crippen molar-refractivity contribution in [2.45, 2.75) is 31.3 Å². The molecule has 0 amide bonds. The van der Waals surface area contributed by atoms with E-state index >= 15 is 0 Å². The van der Waals surface area contributed by atoms with Crippen molar-refractivity contribution < 1.29 is 23.0 Å². The number of anilines is 1. The summed E-state index contributed by atoms with van der Waals surface area (Å²) in [7, 11) is -0.983. The highest BCUT2D eigenvalue weighted by molar-refractivity contribution is 7.92. The molecule has 2 N–H and O–H groups in total. The molecule has 0 fully saturated rings. The van der Waals surface area contributed by atoms with Crippen LogP contribution in [0.15, 0.2) is 53.6 Å². The van der Waals surface area contributed by atoms with E-state index in [-0.39, 0.29) is 10.6 Å². The van der Waals surface area contributed by atoms with E-state index in [0.29, 0.717) is 17.0 Å². The summed E-state index contributed by atoms with van der Waals surface area (Å²) in [5.74, 6) is 0.847. The molecule has 0 saturated heterocycles. The number of hydrogen-bond acceptors (Lipinski definition) is 7. The molecule has 0 spiro atoms. The Kier molecular flexibility index (Phi) is 5.85. The molecule has 8 nitrogen and oxygen atoms in total. The predicted octanol–water partition coefficient (Wildman–Crippen LogP) is 4.42. The van der Waals surface area contributed by atoms with Crippen molar-refractivity contribution in [2.75, 3.05) is 18.9 Å². The third kappa shape index (κ3) is 4.41. The number of ether oxygens (including phenoxy) is 2. The monoisotopic (exact) mass is 487 g/mol. The largest absolute Gasteiger partial charge is 0.497 e. The zero-order chi connectivity index (χ0) is 24.0. The van der Waals surface area contributed by atoms with Crippen molar-refractivity contribution in [3.63, 3.8) is 0 Å². The van der Waals surface area contributed by atoms with Crippen LogP contribution in [0.2, 0.25) is 0 Å². The van der Waals surface area contributed by atoms with Gasteiger partial charge in [0.25, 0.3) is 10.0 Å². The molecule has 4 rings (SSSR count). The number of hydrogen-bond donors (Lipinski definition) is 2. The van der Waals surface area contributed by atoms with Crippen LogP contribution in [0.1, 0.15) is 24.4 Å². The highest BCUT2D eigenvalue weighted by Gasteiger charge is 2.25. The summed E-state index contributed by atoms with van der Waals surface area (Å²) in [6.45, 7) is 5.30. The number of nitrogens with one attached hydrogen (secondary N) is 1. The maximum Gasteiger partial charge on any atom is 0.265 e. The average Bonchev–Trinajstić information content (AvgIpc) is 3.30. The molecule has 33 heavy (non-hydrogen) atoms. The molecule has 2 aromatic heterocycles. The molecule has 4 aromatic rings. The van der Waals surface area contributed by atoms with Crippen LogP contribution < -0.4 is 14.2 Å². The number of methoxy groups -OCH3 is 2. The molecular formula is C23H25N3O5S2. The van der Waals surface area contributed by atoms with E-state index in [1.165, 1.54) is 18.4 Å². The Labute approximate surface area is 196 Å². The second-order valence-corrected chi connectivity index (χ2v) is 10.7. The van der Waals surface area contributed by atoms with Crippen molar-refractivity contribution in [3.8, 4) is 22.8 Å². The predicted molar refractivity (Wildman–Crippen MR) is 129 cm³/mol. The fourth-order valence-electron chi connectivity index (χ4n) is 3.49. The Morgan fingerprint density at radius 2 is 1.79 bits per heavy atom. The minimum atomic E-state index is -3.96. The third-order valence-corrected chi connectivity index (χ3v) is 7.87. The van der Waals surface area contributed by atoms with Gasteiger partial charge in [0.15, 0.2) is 4.96 Å². The van der Waals surface area contributed by atoms with Gasteiger partial charge in [0.1, 0.15) is 16.4 Å². The molecule has 0 saturated carbocycles. The van der Waals surface area contributed by atoms with E-state index < -0.39 is 15.6 Å². The number of rotatable bonds is 7. The number of thiazole rings is 1. The minimum Gasteiger partial charge on any atom is -0.497 e. The van der Waals surface area contributed by atoms with Gasteiger partial charge in [0.2, 0.25) is 0 Å². The molecule has 0 radical (unpaired) electrons. The molecular weight excluding hydrogens is 462 g/mol. The highest BCUT2D eigenvalue weighted by atomic mass is 32.2. The van der Waals surface area contributed by atoms with Gasteiger partial charge >= 0.3 is 0 Å². The molecule has 0 bridgehead atoms. The van der Waals surface area contributed by atoms with E-state index in [1.807, 2.05) is 17.5 Å². The first-order valence-corrected chi connectivity index (χ1v) is 12.4. The van der Waals surface area contributed by atoms with E-state index in [4.69, 9.17) is 9.47 Å². The van der Waals surface area contributed by atoms with Crippen molar-refractivity contribution >= 4 is 32.0 Å². The number of benzene rings is 2. The fourth-order valence-corrected chi connectivity index (χ4v) is 5.77. The van der Waals surface area contributed by atoms with Crippen LogP contribution >= 0.6 is 11.3 Å². The maximum absolute atomic E-state index is 13.3. The number of sulfonamides is 1. The molecule has 174 valence electrons. The quantitative estimate of drug-likeness (QED) is 0.400. The van der Waals surface area contributed by atoms with Gasteiger partial charge in [-0.3, -0.25) is 9.12 Å². The number of aromatic nitrogens is 2. The summed E-state index contributed by atoms with van der Waals surface area (Å²) in [4.78, 5) is 6.09. The topological polar surface area (TPSA) is 102 Å². The van der Waals surface area contributed by atoms with E-state index in [0.717, 1.165) is 21.2 Å². The smallest absolute Gasteiger partial charge is 0.265 e. The number of fused-ring (bicyclic) bond motifs is 1. The van der Waals surface area contributed by atoms with Gasteiger partial charge in [-0.2, -0.15) is 0 Å². The Bertz CT molecular complexity index is 1420. The molecule has 0 aliphatic heterocycles. The van der Waals surface area contributed by atoms with Crippen LogP contribution in [-0.4, -0.2) is 37.1 Å². The standard InChI is InChI=1S/C23H25N3O5S2/c1-14-21(26-13-20(23(2,3)27)32-22(26)24-14)15-6-11-18(31-5)19(12-15)33(28,29)25-16-7-9-17(30-4)10-8-16/h6-13,25,27H,1-5H3. The SMILES string of the molecule is COc1ccc(NS(=O)(=O)c2cc(-c3c(C)nc4sc(C(C)(C)O)cn34)ccc2OC)cc1. The lowest BCUT2D eigenvalue weighted by Crippen LogP contribution is -2.14. The fraction of sp³-hybridized carbons (Fsp3) is 0.261. The lowest BCUT2D eigenvalue weighted by molar-refractivity contribution is 0.0822. The van der Waals surface area contributed by atoms with Crippen LogP contribution in [0.3, 0.4) is 0 Å². The first-order valence-electron chi connectivity index (χ1n) is 10.1. The third-order valence-electron chi connectivity index (χ3n) is 5.17. The van der Waals surface area contributed by atoms with Crippen molar-refractivity contribution in [3.05, 3.63) is 59.2 Å². The number of imidazole rings is 1. The minimum absolute atomic E-state index is 0.00519. The summed E-state index contributed by atoms with van der Waals surface area (Å²) in [6.07, 6.45) is 1.84. The lowest BCUT2D eigenvalue weighted by atomic mass is 10.1. The maximum atomic E-state index is 13.3. The molecule has 0 unspecified atom stereocenters. The van der Waals surface area contributed by atoms with Crippen LogP contribution in [0, 0.1) is 6.92 Å². The van der Waals surface area contributed by atoms with Crippen LogP contribution in [-0.2, 0) is 15.6 Å². The Morgan fingerprint density at radius 1 is 1.09 bits per heavy atom. The van der Waals surface area contributed by atoms with Gasteiger partial charge in [0.05, 0.1) is 36.1 Å². The second-order valence-electron chi connectivity index (χ2n) is 8.05. The van der Waals surface area contributed by atoms with Gasteiger partial charge < -0.3 is 14.6 Å². The Morgan fingerprint density at radius 3 is 2.39 bits per heavy atom. The molecule has 0 atom stereocenters. The number of aryl methyl sites for hydroxylation is 1. The van der Waals surface area contributed by atoms with Gasteiger partial charge in [-0.25, -0.2) is 13.4 Å². The first-order chi connectivity index (χ1) is 15.5. The van der Waals surface area contributed by atoms with Crippen LogP contribution in [0.4, 0.5) is 5.69 Å². The summed E-state index contributed by atoms with van der Waals surface area (Å²) in [6, 6.07) is 11.6. The van der Waals surface area contributed by atoms with E-state index in [1.54, 1.807) is 63.4 Å².